The van der Waals surface area contributed by atoms with Crippen LogP contribution in [-0.4, -0.2) is 39.7 Å². The number of hydrogen-bond acceptors (Lipinski definition) is 5. The second-order valence-corrected chi connectivity index (χ2v) is 6.86. The molecule has 2 atom stereocenters. The van der Waals surface area contributed by atoms with Gasteiger partial charge in [-0.15, -0.1) is 0 Å². The molecule has 1 rings (SSSR count). The molecule has 0 saturated carbocycles. The highest BCUT2D eigenvalue weighted by Gasteiger charge is 2.20. The highest BCUT2D eigenvalue weighted by Crippen LogP contribution is 2.19. The molecule has 5 nitrogen and oxygen atoms in total. The van der Waals surface area contributed by atoms with Crippen LogP contribution in [0.2, 0.25) is 0 Å². The number of nitrogens with two attached hydrogens (primary N) is 1. The molecule has 6 heteroatoms. The van der Waals surface area contributed by atoms with E-state index in [2.05, 4.69) is 5.43 Å². The SMILES string of the molecule is CS(=O)(=O)CCCC(CC1CCOC1)NN. The summed E-state index contributed by atoms with van der Waals surface area (Å²) in [4.78, 5) is 0. The van der Waals surface area contributed by atoms with Gasteiger partial charge in [-0.2, -0.15) is 0 Å². The van der Waals surface area contributed by atoms with E-state index in [4.69, 9.17) is 10.6 Å². The lowest BCUT2D eigenvalue weighted by Gasteiger charge is -2.18. The summed E-state index contributed by atoms with van der Waals surface area (Å²) in [5.74, 6) is 6.27. The number of sulfone groups is 1. The molecule has 0 spiro atoms. The highest BCUT2D eigenvalue weighted by atomic mass is 32.2. The van der Waals surface area contributed by atoms with Gasteiger partial charge in [0.1, 0.15) is 9.84 Å². The predicted octanol–water partition coefficient (Wildman–Crippen LogP) is 0.0697. The van der Waals surface area contributed by atoms with Gasteiger partial charge in [-0.3, -0.25) is 11.3 Å². The van der Waals surface area contributed by atoms with E-state index in [1.807, 2.05) is 0 Å². The van der Waals surface area contributed by atoms with Crippen molar-refractivity contribution in [1.82, 2.24) is 5.43 Å². The zero-order chi connectivity index (χ0) is 12.0. The first-order valence-electron chi connectivity index (χ1n) is 5.73. The van der Waals surface area contributed by atoms with Crippen molar-refractivity contribution in [2.45, 2.75) is 31.7 Å². The summed E-state index contributed by atoms with van der Waals surface area (Å²) in [5, 5.41) is 0. The zero-order valence-corrected chi connectivity index (χ0v) is 10.6. The minimum absolute atomic E-state index is 0.202. The van der Waals surface area contributed by atoms with Crippen LogP contribution in [0.3, 0.4) is 0 Å². The second kappa shape index (κ2) is 6.54. The second-order valence-electron chi connectivity index (χ2n) is 4.60. The van der Waals surface area contributed by atoms with E-state index in [1.54, 1.807) is 0 Å². The van der Waals surface area contributed by atoms with Gasteiger partial charge >= 0.3 is 0 Å². The van der Waals surface area contributed by atoms with Crippen LogP contribution in [0.25, 0.3) is 0 Å². The third-order valence-corrected chi connectivity index (χ3v) is 3.98. The topological polar surface area (TPSA) is 81.4 Å². The van der Waals surface area contributed by atoms with E-state index in [1.165, 1.54) is 6.26 Å². The van der Waals surface area contributed by atoms with Crippen molar-refractivity contribution in [1.29, 1.82) is 0 Å². The van der Waals surface area contributed by atoms with Crippen LogP contribution in [0.1, 0.15) is 25.7 Å². The first-order valence-corrected chi connectivity index (χ1v) is 7.79. The Hall–Kier alpha value is -0.170. The maximum Gasteiger partial charge on any atom is 0.147 e. The van der Waals surface area contributed by atoms with Crippen LogP contribution in [0.5, 0.6) is 0 Å². The van der Waals surface area contributed by atoms with Gasteiger partial charge in [0.15, 0.2) is 0 Å². The Morgan fingerprint density at radius 3 is 2.81 bits per heavy atom. The van der Waals surface area contributed by atoms with Crippen molar-refractivity contribution >= 4 is 9.84 Å². The van der Waals surface area contributed by atoms with Crippen LogP contribution < -0.4 is 11.3 Å². The molecular weight excluding hydrogens is 228 g/mol. The lowest BCUT2D eigenvalue weighted by Crippen LogP contribution is -2.37. The highest BCUT2D eigenvalue weighted by molar-refractivity contribution is 7.90. The molecule has 0 aliphatic carbocycles. The molecule has 96 valence electrons. The number of nitrogens with one attached hydrogen (secondary N) is 1. The molecule has 0 aromatic heterocycles. The van der Waals surface area contributed by atoms with Gasteiger partial charge in [0.2, 0.25) is 0 Å². The minimum Gasteiger partial charge on any atom is -0.381 e. The fourth-order valence-corrected chi connectivity index (χ4v) is 2.72. The molecule has 2 unspecified atom stereocenters. The summed E-state index contributed by atoms with van der Waals surface area (Å²) in [6.07, 6.45) is 4.80. The Labute approximate surface area is 97.6 Å². The van der Waals surface area contributed by atoms with Crippen LogP contribution in [-0.2, 0) is 14.6 Å². The maximum atomic E-state index is 11.0. The average molecular weight is 250 g/mol. The molecule has 16 heavy (non-hydrogen) atoms. The number of rotatable bonds is 7. The van der Waals surface area contributed by atoms with Crippen molar-refractivity contribution in [3.63, 3.8) is 0 Å². The van der Waals surface area contributed by atoms with Crippen molar-refractivity contribution in [3.8, 4) is 0 Å². The first kappa shape index (κ1) is 13.9. The molecule has 1 heterocycles. The van der Waals surface area contributed by atoms with Gasteiger partial charge in [0.25, 0.3) is 0 Å². The van der Waals surface area contributed by atoms with Gasteiger partial charge in [0, 0.05) is 31.3 Å². The van der Waals surface area contributed by atoms with Gasteiger partial charge < -0.3 is 4.74 Å². The summed E-state index contributed by atoms with van der Waals surface area (Å²) in [5.41, 5.74) is 2.76. The Morgan fingerprint density at radius 2 is 2.31 bits per heavy atom. The average Bonchev–Trinajstić information content (AvgIpc) is 2.67. The van der Waals surface area contributed by atoms with Crippen LogP contribution in [0.15, 0.2) is 0 Å². The first-order chi connectivity index (χ1) is 7.51. The van der Waals surface area contributed by atoms with Crippen LogP contribution in [0, 0.1) is 5.92 Å². The molecule has 0 amide bonds. The van der Waals surface area contributed by atoms with Gasteiger partial charge in [-0.1, -0.05) is 0 Å². The largest absolute Gasteiger partial charge is 0.381 e. The summed E-state index contributed by atoms with van der Waals surface area (Å²) >= 11 is 0. The summed E-state index contributed by atoms with van der Waals surface area (Å²) in [6.45, 7) is 1.65. The van der Waals surface area contributed by atoms with Crippen LogP contribution >= 0.6 is 0 Å². The number of hydrogen-bond donors (Lipinski definition) is 2. The Morgan fingerprint density at radius 1 is 1.56 bits per heavy atom. The van der Waals surface area contributed by atoms with Gasteiger partial charge in [-0.25, -0.2) is 8.42 Å². The summed E-state index contributed by atoms with van der Waals surface area (Å²) in [6, 6.07) is 0.202. The minimum atomic E-state index is -2.85. The van der Waals surface area contributed by atoms with Crippen molar-refractivity contribution in [3.05, 3.63) is 0 Å². The monoisotopic (exact) mass is 250 g/mol. The number of hydrazine groups is 1. The van der Waals surface area contributed by atoms with Gasteiger partial charge in [-0.05, 0) is 31.6 Å². The Kier molecular flexibility index (Phi) is 5.68. The molecule has 1 aliphatic rings. The summed E-state index contributed by atoms with van der Waals surface area (Å²) < 4.78 is 27.2. The fourth-order valence-electron chi connectivity index (χ4n) is 2.03. The van der Waals surface area contributed by atoms with Crippen LogP contribution in [0.4, 0.5) is 0 Å². The normalized spacial score (nSPS) is 23.5. The molecule has 1 aliphatic heterocycles. The van der Waals surface area contributed by atoms with Crippen molar-refractivity contribution in [2.24, 2.45) is 11.8 Å². The standard InChI is InChI=1S/C10H22N2O3S/c1-16(13,14)6-2-3-10(12-11)7-9-4-5-15-8-9/h9-10,12H,2-8,11H2,1H3. The molecule has 0 bridgehead atoms. The fraction of sp³-hybridized carbons (Fsp3) is 1.00. The maximum absolute atomic E-state index is 11.0. The third-order valence-electron chi connectivity index (χ3n) is 2.95. The molecule has 0 radical (unpaired) electrons. The summed E-state index contributed by atoms with van der Waals surface area (Å²) in [7, 11) is -2.85. The predicted molar refractivity (Wildman–Crippen MR) is 63.6 cm³/mol. The van der Waals surface area contributed by atoms with Gasteiger partial charge in [0.05, 0.1) is 0 Å². The van der Waals surface area contributed by atoms with Crippen molar-refractivity contribution in [2.75, 3.05) is 25.2 Å². The zero-order valence-electron chi connectivity index (χ0n) is 9.81. The molecule has 1 saturated heterocycles. The van der Waals surface area contributed by atoms with E-state index < -0.39 is 9.84 Å². The lowest BCUT2D eigenvalue weighted by molar-refractivity contribution is 0.181. The van der Waals surface area contributed by atoms with E-state index in [9.17, 15) is 8.42 Å². The molecule has 0 aromatic carbocycles. The molecular formula is C10H22N2O3S. The number of ether oxygens (including phenoxy) is 1. The Balaban J connectivity index is 2.20. The van der Waals surface area contributed by atoms with Crippen molar-refractivity contribution < 1.29 is 13.2 Å². The van der Waals surface area contributed by atoms with E-state index in [0.717, 1.165) is 32.5 Å². The lowest BCUT2D eigenvalue weighted by atomic mass is 9.97. The third kappa shape index (κ3) is 5.79. The molecule has 0 aromatic rings. The molecule has 1 fully saturated rings. The molecule has 3 N–H and O–H groups in total. The Bertz CT molecular complexity index is 286. The van der Waals surface area contributed by atoms with E-state index in [0.29, 0.717) is 12.3 Å². The smallest absolute Gasteiger partial charge is 0.147 e. The quantitative estimate of drug-likeness (QED) is 0.493. The van der Waals surface area contributed by atoms with E-state index >= 15 is 0 Å². The van der Waals surface area contributed by atoms with E-state index in [-0.39, 0.29) is 11.8 Å².